The highest BCUT2D eigenvalue weighted by Gasteiger charge is 2.29. The van der Waals surface area contributed by atoms with Crippen molar-refractivity contribution in [2.75, 3.05) is 5.75 Å². The van der Waals surface area contributed by atoms with Crippen molar-refractivity contribution < 1.29 is 17.6 Å². The minimum atomic E-state index is -3.85. The third kappa shape index (κ3) is 2.77. The van der Waals surface area contributed by atoms with Crippen molar-refractivity contribution >= 4 is 15.6 Å². The molecule has 0 aliphatic heterocycles. The van der Waals surface area contributed by atoms with Crippen LogP contribution in [0.25, 0.3) is 0 Å². The molecule has 1 aliphatic rings. The molecule has 98 valence electrons. The molecule has 1 saturated carbocycles. The first-order chi connectivity index (χ1) is 8.50. The Hall–Kier alpha value is -1.23. The molecule has 1 aromatic carbocycles. The third-order valence-electron chi connectivity index (χ3n) is 3.31. The topological polar surface area (TPSA) is 51.2 Å². The summed E-state index contributed by atoms with van der Waals surface area (Å²) in [6, 6.07) is 5.17. The maximum absolute atomic E-state index is 13.4. The van der Waals surface area contributed by atoms with Crippen molar-refractivity contribution in [2.24, 2.45) is 5.92 Å². The Kier molecular flexibility index (Phi) is 3.80. The van der Waals surface area contributed by atoms with Crippen LogP contribution in [0.15, 0.2) is 29.2 Å². The van der Waals surface area contributed by atoms with Gasteiger partial charge in [0, 0.05) is 5.92 Å². The zero-order valence-corrected chi connectivity index (χ0v) is 10.7. The van der Waals surface area contributed by atoms with Gasteiger partial charge in [-0.1, -0.05) is 25.0 Å². The molecule has 0 bridgehead atoms. The summed E-state index contributed by atoms with van der Waals surface area (Å²) in [7, 11) is -3.85. The Morgan fingerprint density at radius 3 is 2.44 bits per heavy atom. The van der Waals surface area contributed by atoms with Gasteiger partial charge in [0.2, 0.25) is 0 Å². The lowest BCUT2D eigenvalue weighted by Gasteiger charge is -2.09. The highest BCUT2D eigenvalue weighted by molar-refractivity contribution is 7.92. The number of rotatable bonds is 4. The fourth-order valence-electron chi connectivity index (χ4n) is 2.33. The van der Waals surface area contributed by atoms with Gasteiger partial charge in [0.05, 0.1) is 0 Å². The van der Waals surface area contributed by atoms with E-state index in [2.05, 4.69) is 0 Å². The first-order valence-corrected chi connectivity index (χ1v) is 7.66. The summed E-state index contributed by atoms with van der Waals surface area (Å²) < 4.78 is 37.3. The Morgan fingerprint density at radius 1 is 1.22 bits per heavy atom. The number of carbonyl (C=O) groups excluding carboxylic acids is 1. The standard InChI is InChI=1S/C13H15FO3S/c14-11-7-3-4-8-13(11)18(16,17)9-12(15)10-5-1-2-6-10/h3-4,7-8,10H,1-2,5-6,9H2. The van der Waals surface area contributed by atoms with E-state index in [4.69, 9.17) is 0 Å². The van der Waals surface area contributed by atoms with Crippen LogP contribution in [0, 0.1) is 11.7 Å². The van der Waals surface area contributed by atoms with Crippen molar-refractivity contribution in [3.8, 4) is 0 Å². The lowest BCUT2D eigenvalue weighted by atomic mass is 10.0. The van der Waals surface area contributed by atoms with Crippen LogP contribution in [0.4, 0.5) is 4.39 Å². The summed E-state index contributed by atoms with van der Waals surface area (Å²) in [5, 5.41) is 0. The summed E-state index contributed by atoms with van der Waals surface area (Å²) >= 11 is 0. The summed E-state index contributed by atoms with van der Waals surface area (Å²) in [4.78, 5) is 11.5. The average molecular weight is 270 g/mol. The molecule has 0 amide bonds. The lowest BCUT2D eigenvalue weighted by Crippen LogP contribution is -2.22. The van der Waals surface area contributed by atoms with E-state index in [9.17, 15) is 17.6 Å². The number of ketones is 1. The maximum atomic E-state index is 13.4. The zero-order chi connectivity index (χ0) is 13.2. The highest BCUT2D eigenvalue weighted by atomic mass is 32.2. The SMILES string of the molecule is O=C(CS(=O)(=O)c1ccccc1F)C1CCCC1. The molecule has 18 heavy (non-hydrogen) atoms. The van der Waals surface area contributed by atoms with Gasteiger partial charge in [-0.15, -0.1) is 0 Å². The van der Waals surface area contributed by atoms with Gasteiger partial charge in [0.1, 0.15) is 16.5 Å². The van der Waals surface area contributed by atoms with Crippen LogP contribution in [-0.2, 0) is 14.6 Å². The van der Waals surface area contributed by atoms with Crippen LogP contribution in [0.3, 0.4) is 0 Å². The fourth-order valence-corrected chi connectivity index (χ4v) is 3.74. The molecule has 3 nitrogen and oxygen atoms in total. The predicted molar refractivity (Wildman–Crippen MR) is 65.4 cm³/mol. The van der Waals surface area contributed by atoms with E-state index in [-0.39, 0.29) is 16.6 Å². The number of sulfone groups is 1. The van der Waals surface area contributed by atoms with Crippen LogP contribution in [0.2, 0.25) is 0 Å². The van der Waals surface area contributed by atoms with Gasteiger partial charge in [0.15, 0.2) is 15.6 Å². The molecule has 0 N–H and O–H groups in total. The number of hydrogen-bond acceptors (Lipinski definition) is 3. The second kappa shape index (κ2) is 5.18. The number of halogens is 1. The van der Waals surface area contributed by atoms with Gasteiger partial charge in [-0.2, -0.15) is 0 Å². The van der Waals surface area contributed by atoms with Crippen molar-refractivity contribution in [3.05, 3.63) is 30.1 Å². The summed E-state index contributed by atoms with van der Waals surface area (Å²) in [5.41, 5.74) is 0. The van der Waals surface area contributed by atoms with E-state index < -0.39 is 21.4 Å². The van der Waals surface area contributed by atoms with Crippen molar-refractivity contribution in [1.82, 2.24) is 0 Å². The minimum absolute atomic E-state index is 0.161. The summed E-state index contributed by atoms with van der Waals surface area (Å²) in [6.07, 6.45) is 3.45. The molecule has 0 saturated heterocycles. The quantitative estimate of drug-likeness (QED) is 0.844. The second-order valence-corrected chi connectivity index (χ2v) is 6.60. The second-order valence-electron chi connectivity index (χ2n) is 4.64. The number of hydrogen-bond donors (Lipinski definition) is 0. The van der Waals surface area contributed by atoms with Crippen LogP contribution < -0.4 is 0 Å². The zero-order valence-electron chi connectivity index (χ0n) is 9.93. The third-order valence-corrected chi connectivity index (χ3v) is 4.98. The summed E-state index contributed by atoms with van der Waals surface area (Å²) in [6.45, 7) is 0. The largest absolute Gasteiger partial charge is 0.298 e. The first-order valence-electron chi connectivity index (χ1n) is 6.01. The monoisotopic (exact) mass is 270 g/mol. The Balaban J connectivity index is 2.17. The molecule has 0 unspecified atom stereocenters. The van der Waals surface area contributed by atoms with Crippen molar-refractivity contribution in [1.29, 1.82) is 0 Å². The van der Waals surface area contributed by atoms with Crippen LogP contribution >= 0.6 is 0 Å². The lowest BCUT2D eigenvalue weighted by molar-refractivity contribution is -0.120. The molecule has 1 fully saturated rings. The summed E-state index contributed by atoms with van der Waals surface area (Å²) in [5.74, 6) is -1.82. The molecule has 0 spiro atoms. The van der Waals surface area contributed by atoms with Crippen LogP contribution in [0.5, 0.6) is 0 Å². The van der Waals surface area contributed by atoms with Gasteiger partial charge in [-0.3, -0.25) is 4.79 Å². The number of carbonyl (C=O) groups is 1. The molecule has 2 rings (SSSR count). The van der Waals surface area contributed by atoms with Gasteiger partial charge in [-0.05, 0) is 25.0 Å². The van der Waals surface area contributed by atoms with Gasteiger partial charge >= 0.3 is 0 Å². The maximum Gasteiger partial charge on any atom is 0.188 e. The van der Waals surface area contributed by atoms with Crippen LogP contribution in [0.1, 0.15) is 25.7 Å². The number of benzene rings is 1. The molecule has 0 radical (unpaired) electrons. The van der Waals surface area contributed by atoms with Gasteiger partial charge in [-0.25, -0.2) is 12.8 Å². The van der Waals surface area contributed by atoms with Gasteiger partial charge in [0.25, 0.3) is 0 Å². The number of Topliss-reactive ketones (excluding diaryl/α,β-unsaturated/α-hetero) is 1. The molecule has 0 atom stereocenters. The average Bonchev–Trinajstić information content (AvgIpc) is 2.82. The molecule has 1 aromatic rings. The normalized spacial score (nSPS) is 16.9. The van der Waals surface area contributed by atoms with Crippen molar-refractivity contribution in [3.63, 3.8) is 0 Å². The van der Waals surface area contributed by atoms with E-state index in [0.29, 0.717) is 0 Å². The van der Waals surface area contributed by atoms with Crippen LogP contribution in [-0.4, -0.2) is 20.0 Å². The highest BCUT2D eigenvalue weighted by Crippen LogP contribution is 2.27. The van der Waals surface area contributed by atoms with E-state index in [1.54, 1.807) is 0 Å². The molecule has 1 aliphatic carbocycles. The van der Waals surface area contributed by atoms with Gasteiger partial charge < -0.3 is 0 Å². The smallest absolute Gasteiger partial charge is 0.188 e. The molecular weight excluding hydrogens is 255 g/mol. The predicted octanol–water partition coefficient (Wildman–Crippen LogP) is 2.36. The molecule has 0 aromatic heterocycles. The first kappa shape index (κ1) is 13.2. The minimum Gasteiger partial charge on any atom is -0.298 e. The van der Waals surface area contributed by atoms with Crippen molar-refractivity contribution in [2.45, 2.75) is 30.6 Å². The Labute approximate surface area is 106 Å². The fraction of sp³-hybridized carbons (Fsp3) is 0.462. The molecule has 0 heterocycles. The van der Waals surface area contributed by atoms with E-state index in [1.165, 1.54) is 18.2 Å². The van der Waals surface area contributed by atoms with E-state index in [0.717, 1.165) is 31.7 Å². The molecular formula is C13H15FO3S. The van der Waals surface area contributed by atoms with E-state index in [1.807, 2.05) is 0 Å². The Bertz CT molecular complexity index is 545. The Morgan fingerprint density at radius 2 is 1.83 bits per heavy atom. The molecule has 5 heteroatoms. The van der Waals surface area contributed by atoms with E-state index >= 15 is 0 Å².